The summed E-state index contributed by atoms with van der Waals surface area (Å²) in [6, 6.07) is 0. The monoisotopic (exact) mass is 261 g/mol. The van der Waals surface area contributed by atoms with Gasteiger partial charge in [-0.2, -0.15) is 5.06 Å². The van der Waals surface area contributed by atoms with E-state index in [1.54, 1.807) is 18.9 Å². The van der Waals surface area contributed by atoms with E-state index in [2.05, 4.69) is 0 Å². The summed E-state index contributed by atoms with van der Waals surface area (Å²) < 4.78 is 3.74. The highest BCUT2D eigenvalue weighted by atomic mass is 35.6. The van der Waals surface area contributed by atoms with Crippen LogP contribution in [0.2, 0.25) is 0 Å². The van der Waals surface area contributed by atoms with Gasteiger partial charge in [-0.3, -0.25) is 4.84 Å². The van der Waals surface area contributed by atoms with Gasteiger partial charge < -0.3 is 4.74 Å². The normalized spacial score (nSPS) is 21.2. The van der Waals surface area contributed by atoms with Gasteiger partial charge in [0.15, 0.2) is 0 Å². The third-order valence-electron chi connectivity index (χ3n) is 2.01. The fourth-order valence-electron chi connectivity index (χ4n) is 1.01. The number of alkyl halides is 3. The van der Waals surface area contributed by atoms with Crippen LogP contribution in [0.15, 0.2) is 0 Å². The lowest BCUT2D eigenvalue weighted by Gasteiger charge is -2.38. The van der Waals surface area contributed by atoms with Gasteiger partial charge in [-0.05, 0) is 13.8 Å². The van der Waals surface area contributed by atoms with Crippen molar-refractivity contribution in [2.75, 3.05) is 26.3 Å². The molecule has 1 aliphatic heterocycles. The second kappa shape index (κ2) is 4.73. The molecule has 1 heterocycles. The van der Waals surface area contributed by atoms with Crippen molar-refractivity contribution < 1.29 is 9.57 Å². The molecule has 0 atom stereocenters. The van der Waals surface area contributed by atoms with Crippen LogP contribution in [-0.2, 0) is 9.57 Å². The van der Waals surface area contributed by atoms with E-state index in [1.807, 2.05) is 0 Å². The van der Waals surface area contributed by atoms with Gasteiger partial charge in [0.2, 0.25) is 3.79 Å². The third kappa shape index (κ3) is 3.40. The first kappa shape index (κ1) is 12.8. The van der Waals surface area contributed by atoms with E-state index in [0.29, 0.717) is 26.3 Å². The van der Waals surface area contributed by atoms with Crippen molar-refractivity contribution in [1.82, 2.24) is 5.06 Å². The number of hydrogen-bond acceptors (Lipinski definition) is 3. The summed E-state index contributed by atoms with van der Waals surface area (Å²) in [6.07, 6.45) is 0. The van der Waals surface area contributed by atoms with Gasteiger partial charge in [0, 0.05) is 13.1 Å². The zero-order chi connectivity index (χ0) is 10.8. The standard InChI is InChI=1S/C8H14Cl3NO2/c1-7(2,8(9,10)11)14-12-3-5-13-6-4-12/h3-6H2,1-2H3. The summed E-state index contributed by atoms with van der Waals surface area (Å²) in [5, 5.41) is 1.77. The minimum atomic E-state index is -1.44. The summed E-state index contributed by atoms with van der Waals surface area (Å²) in [5.74, 6) is 0. The van der Waals surface area contributed by atoms with Gasteiger partial charge in [0.25, 0.3) is 0 Å². The van der Waals surface area contributed by atoms with Gasteiger partial charge in [-0.1, -0.05) is 34.8 Å². The average molecular weight is 263 g/mol. The number of halogens is 3. The molecule has 0 aromatic carbocycles. The Balaban J connectivity index is 2.49. The number of nitrogens with zero attached hydrogens (tertiary/aromatic N) is 1. The Morgan fingerprint density at radius 3 is 2.07 bits per heavy atom. The second-order valence-corrected chi connectivity index (χ2v) is 5.92. The Labute approximate surface area is 99.1 Å². The van der Waals surface area contributed by atoms with E-state index in [-0.39, 0.29) is 0 Å². The molecule has 14 heavy (non-hydrogen) atoms. The number of rotatable bonds is 2. The van der Waals surface area contributed by atoms with Crippen LogP contribution in [0, 0.1) is 0 Å². The molecule has 0 aliphatic carbocycles. The lowest BCUT2D eigenvalue weighted by atomic mass is 10.2. The predicted octanol–water partition coefficient (Wildman–Crippen LogP) is 2.40. The summed E-state index contributed by atoms with van der Waals surface area (Å²) in [6.45, 7) is 6.19. The topological polar surface area (TPSA) is 21.7 Å². The van der Waals surface area contributed by atoms with Crippen molar-refractivity contribution in [2.45, 2.75) is 23.2 Å². The van der Waals surface area contributed by atoms with Crippen LogP contribution >= 0.6 is 34.8 Å². The van der Waals surface area contributed by atoms with Crippen LogP contribution in [0.25, 0.3) is 0 Å². The van der Waals surface area contributed by atoms with E-state index in [1.165, 1.54) is 0 Å². The van der Waals surface area contributed by atoms with Crippen LogP contribution in [0.4, 0.5) is 0 Å². The fraction of sp³-hybridized carbons (Fsp3) is 1.00. The molecule has 1 aliphatic rings. The molecular weight excluding hydrogens is 248 g/mol. The van der Waals surface area contributed by atoms with Crippen LogP contribution in [0.3, 0.4) is 0 Å². The smallest absolute Gasteiger partial charge is 0.220 e. The minimum Gasteiger partial charge on any atom is -0.379 e. The molecule has 0 N–H and O–H groups in total. The van der Waals surface area contributed by atoms with Crippen LogP contribution < -0.4 is 0 Å². The molecule has 0 amide bonds. The molecule has 0 unspecified atom stereocenters. The van der Waals surface area contributed by atoms with Gasteiger partial charge in [-0.15, -0.1) is 0 Å². The van der Waals surface area contributed by atoms with Crippen LogP contribution in [-0.4, -0.2) is 40.8 Å². The molecule has 84 valence electrons. The molecule has 0 aromatic rings. The maximum absolute atomic E-state index is 5.79. The molecule has 1 rings (SSSR count). The summed E-state index contributed by atoms with van der Waals surface area (Å²) >= 11 is 17.4. The fourth-order valence-corrected chi connectivity index (χ4v) is 1.12. The lowest BCUT2D eigenvalue weighted by Crippen LogP contribution is -2.48. The first-order valence-corrected chi connectivity index (χ1v) is 5.55. The van der Waals surface area contributed by atoms with Gasteiger partial charge >= 0.3 is 0 Å². The SMILES string of the molecule is CC(C)(ON1CCOCC1)C(Cl)(Cl)Cl. The molecular formula is C8H14Cl3NO2. The number of hydrogen-bond donors (Lipinski definition) is 0. The second-order valence-electron chi connectivity index (χ2n) is 3.64. The Morgan fingerprint density at radius 1 is 1.14 bits per heavy atom. The quantitative estimate of drug-likeness (QED) is 0.713. The van der Waals surface area contributed by atoms with Crippen molar-refractivity contribution >= 4 is 34.8 Å². The maximum atomic E-state index is 5.79. The highest BCUT2D eigenvalue weighted by molar-refractivity contribution is 6.68. The Kier molecular flexibility index (Phi) is 4.33. The molecule has 0 radical (unpaired) electrons. The first-order valence-electron chi connectivity index (χ1n) is 4.41. The molecule has 3 nitrogen and oxygen atoms in total. The van der Waals surface area contributed by atoms with Crippen molar-refractivity contribution in [3.05, 3.63) is 0 Å². The van der Waals surface area contributed by atoms with E-state index < -0.39 is 9.39 Å². The highest BCUT2D eigenvalue weighted by Gasteiger charge is 2.43. The molecule has 1 fully saturated rings. The zero-order valence-electron chi connectivity index (χ0n) is 8.23. The van der Waals surface area contributed by atoms with Crippen molar-refractivity contribution in [2.24, 2.45) is 0 Å². The third-order valence-corrected chi connectivity index (χ3v) is 3.38. The number of morpholine rings is 1. The highest BCUT2D eigenvalue weighted by Crippen LogP contribution is 2.40. The summed E-state index contributed by atoms with van der Waals surface area (Å²) in [5.41, 5.74) is -0.838. The van der Waals surface area contributed by atoms with E-state index in [0.717, 1.165) is 0 Å². The Hall–Kier alpha value is 0.750. The van der Waals surface area contributed by atoms with Crippen LogP contribution in [0.5, 0.6) is 0 Å². The molecule has 1 saturated heterocycles. The van der Waals surface area contributed by atoms with E-state index >= 15 is 0 Å². The Bertz CT molecular complexity index is 188. The minimum absolute atomic E-state index is 0.649. The van der Waals surface area contributed by atoms with Gasteiger partial charge in [-0.25, -0.2) is 0 Å². The zero-order valence-corrected chi connectivity index (χ0v) is 10.5. The van der Waals surface area contributed by atoms with E-state index in [4.69, 9.17) is 44.4 Å². The van der Waals surface area contributed by atoms with Gasteiger partial charge in [0.05, 0.1) is 13.2 Å². The van der Waals surface area contributed by atoms with E-state index in [9.17, 15) is 0 Å². The van der Waals surface area contributed by atoms with Crippen LogP contribution in [0.1, 0.15) is 13.8 Å². The molecule has 6 heteroatoms. The lowest BCUT2D eigenvalue weighted by molar-refractivity contribution is -0.255. The number of hydroxylamine groups is 2. The molecule has 0 aromatic heterocycles. The predicted molar refractivity (Wildman–Crippen MR) is 57.8 cm³/mol. The number of ether oxygens (including phenoxy) is 1. The average Bonchev–Trinajstić information content (AvgIpc) is 2.03. The largest absolute Gasteiger partial charge is 0.379 e. The van der Waals surface area contributed by atoms with Crippen molar-refractivity contribution in [3.8, 4) is 0 Å². The maximum Gasteiger partial charge on any atom is 0.220 e. The van der Waals surface area contributed by atoms with Gasteiger partial charge in [0.1, 0.15) is 5.60 Å². The Morgan fingerprint density at radius 2 is 1.64 bits per heavy atom. The van der Waals surface area contributed by atoms with Crippen molar-refractivity contribution in [3.63, 3.8) is 0 Å². The summed E-state index contributed by atoms with van der Waals surface area (Å²) in [4.78, 5) is 5.60. The van der Waals surface area contributed by atoms with Crippen molar-refractivity contribution in [1.29, 1.82) is 0 Å². The molecule has 0 bridgehead atoms. The molecule has 0 saturated carbocycles. The molecule has 0 spiro atoms. The summed E-state index contributed by atoms with van der Waals surface area (Å²) in [7, 11) is 0. The first-order chi connectivity index (χ1) is 6.33.